The molecule has 0 saturated carbocycles. The van der Waals surface area contributed by atoms with Crippen molar-refractivity contribution in [2.24, 2.45) is 0 Å². The molecule has 3 aliphatic rings. The first-order chi connectivity index (χ1) is 58.6. The van der Waals surface area contributed by atoms with Gasteiger partial charge in [-0.25, -0.2) is 48.1 Å². The highest BCUT2D eigenvalue weighted by molar-refractivity contribution is 9.10. The first-order valence-corrected chi connectivity index (χ1v) is 40.8. The van der Waals surface area contributed by atoms with Crippen molar-refractivity contribution in [1.29, 1.82) is 0 Å². The SMILES string of the molecule is CC(=O)c1nn(CC(=O)N2C[C@H](F)C[C@H]2C(=O)Cc2ccc(C)c(C)n2)c2ccc(-c3cnc(C)nc3)cc12.CC(=O)c1nn(CC(=O)N2C[C@H](F)C[C@H]2C(=O)Nc2cccc(Br)n2)c2ccc(-c3cnc(CCC(=O)OC(C)(C)C)nc3)cc12.CCn1ccc(CC(=O)[C@@H]2C[C@@H](F)CN2C(=O)Cn2nc(C(C)=O)c3cc(-c4cnc(C)nc4)ccc32)n1. The number of hydrogen-bond donors (Lipinski definition) is 1. The van der Waals surface area contributed by atoms with E-state index in [1.54, 1.807) is 143 Å². The molecular weight excluding hydrogens is 1650 g/mol. The summed E-state index contributed by atoms with van der Waals surface area (Å²) in [5.41, 5.74) is 9.36. The zero-order valence-corrected chi connectivity index (χ0v) is 71.2. The second-order valence-corrected chi connectivity index (χ2v) is 32.4. The standard InChI is InChI=1S/C32H33BrFN7O5.C29H29FN6O3.C27H28FN7O3/c1-18(42)30-22-12-19(20-14-35-26(36-15-20)10-11-29(44)46-32(2,3)4)8-9-23(22)41(39-30)17-28(43)40-16-21(34)13-24(40)31(45)38-27-7-5-6-25(33)37-27;1-16-5-7-23(33-17(16)2)11-27(38)26-10-22(30)14-35(26)28(39)15-36-25-8-6-20(21-12-31-19(4)32-13-21)9-24(25)29(34-36)18(3)37;1-4-33-8-7-21(31-33)11-25(37)24-10-20(28)14-34(24)26(38)15-35-23-6-5-18(19-12-29-17(3)30-13-19)9-22(23)27(32-35)16(2)36/h5-9,12,14-15,21,24H,10-11,13,16-17H2,1-4H3,(H,37,38,45);5-9,12-13,22,26H,10-11,14-15H2,1-4H3;5-9,12-13,20,24H,4,10-11,14-15H2,1-3H3/t21-,24+;22-,26+;20-,24+/m111/s1. The van der Waals surface area contributed by atoms with Gasteiger partial charge in [-0.05, 0) is 154 Å². The van der Waals surface area contributed by atoms with Crippen LogP contribution in [-0.4, -0.2) is 214 Å². The van der Waals surface area contributed by atoms with E-state index in [2.05, 4.69) is 81.5 Å². The number of halogens is 4. The molecule has 35 heteroatoms. The van der Waals surface area contributed by atoms with Crippen molar-refractivity contribution in [3.63, 3.8) is 0 Å². The predicted octanol–water partition coefficient (Wildman–Crippen LogP) is 11.4. The number of hydrogen-bond acceptors (Lipinski definition) is 23. The van der Waals surface area contributed by atoms with E-state index in [-0.39, 0.29) is 136 Å². The Morgan fingerprint density at radius 1 is 0.496 bits per heavy atom. The number of aromatic nitrogens is 16. The molecular formula is C88H90BrF3N20O11. The lowest BCUT2D eigenvalue weighted by Crippen LogP contribution is -2.44. The average Bonchev–Trinajstić information content (AvgIpc) is 1.63. The number of ketones is 5. The van der Waals surface area contributed by atoms with E-state index >= 15 is 0 Å². The molecule has 15 rings (SSSR count). The summed E-state index contributed by atoms with van der Waals surface area (Å²) in [6.45, 7) is 18.3. The summed E-state index contributed by atoms with van der Waals surface area (Å²) in [5.74, 6) is -1.49. The summed E-state index contributed by atoms with van der Waals surface area (Å²) < 4.78 is 55.3. The van der Waals surface area contributed by atoms with Crippen LogP contribution in [0.5, 0.6) is 0 Å². The van der Waals surface area contributed by atoms with E-state index in [0.717, 1.165) is 39.1 Å². The maximum atomic E-state index is 14.5. The van der Waals surface area contributed by atoms with Crippen LogP contribution in [0.25, 0.3) is 66.1 Å². The number of fused-ring (bicyclic) bond motifs is 3. The van der Waals surface area contributed by atoms with E-state index in [4.69, 9.17) is 4.74 Å². The Labute approximate surface area is 712 Å². The van der Waals surface area contributed by atoms with Crippen LogP contribution in [-0.2, 0) is 83.7 Å². The maximum Gasteiger partial charge on any atom is 0.306 e. The molecule has 3 fully saturated rings. The van der Waals surface area contributed by atoms with Gasteiger partial charge < -0.3 is 24.8 Å². The summed E-state index contributed by atoms with van der Waals surface area (Å²) in [6, 6.07) is 23.9. The van der Waals surface area contributed by atoms with Gasteiger partial charge in [0.25, 0.3) is 0 Å². The zero-order valence-electron chi connectivity index (χ0n) is 69.6. The van der Waals surface area contributed by atoms with Crippen molar-refractivity contribution in [3.05, 3.63) is 196 Å². The number of ether oxygens (including phenoxy) is 1. The molecule has 3 saturated heterocycles. The zero-order chi connectivity index (χ0) is 88.0. The molecule has 0 aliphatic carbocycles. The van der Waals surface area contributed by atoms with E-state index in [1.165, 1.54) is 49.5 Å². The number of aryl methyl sites for hydroxylation is 6. The Morgan fingerprint density at radius 3 is 1.31 bits per heavy atom. The minimum absolute atomic E-state index is 0.0208. The van der Waals surface area contributed by atoms with Crippen LogP contribution in [0.2, 0.25) is 0 Å². The van der Waals surface area contributed by atoms with Crippen LogP contribution in [0.15, 0.2) is 139 Å². The highest BCUT2D eigenvalue weighted by Crippen LogP contribution is 2.34. The number of pyridine rings is 2. The van der Waals surface area contributed by atoms with Crippen molar-refractivity contribution >= 4 is 113 Å². The van der Waals surface area contributed by atoms with Gasteiger partial charge in [0, 0.05) is 141 Å². The van der Waals surface area contributed by atoms with E-state index in [0.29, 0.717) is 84.7 Å². The van der Waals surface area contributed by atoms with Crippen LogP contribution in [0, 0.1) is 27.7 Å². The third-order valence-electron chi connectivity index (χ3n) is 21.2. The lowest BCUT2D eigenvalue weighted by molar-refractivity contribution is -0.154. The van der Waals surface area contributed by atoms with E-state index < -0.39 is 65.9 Å². The van der Waals surface area contributed by atoms with Gasteiger partial charge in [-0.3, -0.25) is 71.7 Å². The Morgan fingerprint density at radius 2 is 0.911 bits per heavy atom. The van der Waals surface area contributed by atoms with Gasteiger partial charge in [-0.15, -0.1) is 0 Å². The molecule has 6 atom stereocenters. The topological polar surface area (TPSA) is 376 Å². The fourth-order valence-electron chi connectivity index (χ4n) is 15.0. The Hall–Kier alpha value is -13.2. The monoisotopic (exact) mass is 1740 g/mol. The van der Waals surface area contributed by atoms with Gasteiger partial charge in [0.05, 0.1) is 73.2 Å². The third kappa shape index (κ3) is 20.9. The number of nitrogens with zero attached hydrogens (tertiary/aromatic N) is 19. The number of carbonyl (C=O) groups excluding carboxylic acids is 10. The van der Waals surface area contributed by atoms with E-state index in [1.807, 2.05) is 51.1 Å². The van der Waals surface area contributed by atoms with Crippen LogP contribution in [0.4, 0.5) is 19.0 Å². The van der Waals surface area contributed by atoms with Gasteiger partial charge in [-0.1, -0.05) is 30.3 Å². The highest BCUT2D eigenvalue weighted by Gasteiger charge is 2.43. The lowest BCUT2D eigenvalue weighted by atomic mass is 10.0. The maximum absolute atomic E-state index is 14.5. The highest BCUT2D eigenvalue weighted by atomic mass is 79.9. The molecule has 0 spiro atoms. The molecule has 3 aromatic carbocycles. The quantitative estimate of drug-likeness (QED) is 0.0333. The molecule has 0 unspecified atom stereocenters. The Bertz CT molecular complexity index is 6090. The number of esters is 1. The van der Waals surface area contributed by atoms with Crippen LogP contribution in [0.3, 0.4) is 0 Å². The minimum atomic E-state index is -1.37. The van der Waals surface area contributed by atoms with Crippen molar-refractivity contribution < 1.29 is 65.9 Å². The third-order valence-corrected chi connectivity index (χ3v) is 21.7. The molecule has 0 bridgehead atoms. The number of alkyl halides is 3. The Balaban J connectivity index is 0.000000160. The van der Waals surface area contributed by atoms with Crippen molar-refractivity contribution in [3.8, 4) is 33.4 Å². The van der Waals surface area contributed by atoms with Crippen molar-refractivity contribution in [2.75, 3.05) is 25.0 Å². The predicted molar refractivity (Wildman–Crippen MR) is 451 cm³/mol. The number of amides is 4. The smallest absolute Gasteiger partial charge is 0.306 e. The number of benzene rings is 3. The van der Waals surface area contributed by atoms with Gasteiger partial charge in [0.15, 0.2) is 28.9 Å². The van der Waals surface area contributed by atoms with Crippen LogP contribution >= 0.6 is 15.9 Å². The first-order valence-electron chi connectivity index (χ1n) is 40.0. The van der Waals surface area contributed by atoms with Gasteiger partial charge in [-0.2, -0.15) is 20.4 Å². The summed E-state index contributed by atoms with van der Waals surface area (Å²) in [7, 11) is 0. The molecule has 1 N–H and O–H groups in total. The molecule has 9 aromatic heterocycles. The van der Waals surface area contributed by atoms with Crippen LogP contribution < -0.4 is 5.32 Å². The molecule has 0 radical (unpaired) electrons. The van der Waals surface area contributed by atoms with Crippen LogP contribution in [0.1, 0.15) is 146 Å². The Kier molecular flexibility index (Phi) is 26.7. The second-order valence-electron chi connectivity index (χ2n) is 31.6. The molecule has 4 amide bonds. The summed E-state index contributed by atoms with van der Waals surface area (Å²) in [5, 5.41) is 21.9. The largest absolute Gasteiger partial charge is 0.460 e. The normalized spacial score (nSPS) is 16.9. The minimum Gasteiger partial charge on any atom is -0.460 e. The number of rotatable bonds is 24. The molecule has 12 aromatic rings. The molecule has 31 nitrogen and oxygen atoms in total. The number of Topliss-reactive ketones (excluding diaryl/α,β-unsaturated/α-hetero) is 5. The van der Waals surface area contributed by atoms with Gasteiger partial charge in [0.2, 0.25) is 23.6 Å². The van der Waals surface area contributed by atoms with E-state index in [9.17, 15) is 61.1 Å². The number of nitrogens with one attached hydrogen (secondary N) is 1. The summed E-state index contributed by atoms with van der Waals surface area (Å²) >= 11 is 3.25. The first kappa shape index (κ1) is 87.6. The molecule has 12 heterocycles. The second kappa shape index (κ2) is 37.4. The summed E-state index contributed by atoms with van der Waals surface area (Å²) in [4.78, 5) is 167. The fourth-order valence-corrected chi connectivity index (χ4v) is 15.3. The number of likely N-dealkylation sites (tertiary alicyclic amines) is 3. The van der Waals surface area contributed by atoms with Crippen molar-refractivity contribution in [2.45, 2.75) is 190 Å². The molecule has 123 heavy (non-hydrogen) atoms. The fraction of sp³-hybridized carbons (Fsp3) is 0.364. The van der Waals surface area contributed by atoms with Gasteiger partial charge in [0.1, 0.15) is 94.8 Å². The van der Waals surface area contributed by atoms with Crippen molar-refractivity contribution in [1.82, 2.24) is 93.7 Å². The molecule has 3 aliphatic heterocycles. The van der Waals surface area contributed by atoms with Gasteiger partial charge >= 0.3 is 5.97 Å². The summed E-state index contributed by atoms with van der Waals surface area (Å²) in [6.07, 6.45) is 8.21. The molecule has 636 valence electrons. The number of anilines is 1. The number of carbonyl (C=O) groups is 10. The lowest BCUT2D eigenvalue weighted by Gasteiger charge is -2.23. The average molecular weight is 1740 g/mol.